The molecule has 3 nitrogen and oxygen atoms in total. The van der Waals surface area contributed by atoms with E-state index in [0.717, 1.165) is 12.8 Å². The lowest BCUT2D eigenvalue weighted by Crippen LogP contribution is -2.52. The third-order valence-electron chi connectivity index (χ3n) is 4.65. The lowest BCUT2D eigenvalue weighted by Gasteiger charge is -2.46. The van der Waals surface area contributed by atoms with E-state index >= 15 is 0 Å². The molecule has 1 unspecified atom stereocenters. The fraction of sp³-hybridized carbons (Fsp3) is 0.333. The first-order chi connectivity index (χ1) is 10.3. The minimum Gasteiger partial charge on any atom is -0.376 e. The Kier molecular flexibility index (Phi) is 4.06. The zero-order valence-electron chi connectivity index (χ0n) is 12.4. The first-order valence-electron chi connectivity index (χ1n) is 7.46. The minimum absolute atomic E-state index is 0.0427. The van der Waals surface area contributed by atoms with Gasteiger partial charge in [0.25, 0.3) is 0 Å². The quantitative estimate of drug-likeness (QED) is 0.652. The van der Waals surface area contributed by atoms with Gasteiger partial charge in [0, 0.05) is 7.11 Å². The van der Waals surface area contributed by atoms with Crippen molar-refractivity contribution in [2.45, 2.75) is 30.9 Å². The van der Waals surface area contributed by atoms with Gasteiger partial charge in [0.05, 0.1) is 11.6 Å². The van der Waals surface area contributed by atoms with E-state index < -0.39 is 0 Å². The first kappa shape index (κ1) is 14.3. The van der Waals surface area contributed by atoms with Crippen molar-refractivity contribution in [3.8, 4) is 11.1 Å². The molecule has 1 aliphatic carbocycles. The molecule has 0 saturated heterocycles. The van der Waals surface area contributed by atoms with Crippen LogP contribution in [0, 0.1) is 0 Å². The number of ether oxygens (including phenoxy) is 1. The van der Waals surface area contributed by atoms with Crippen LogP contribution in [0.5, 0.6) is 0 Å². The summed E-state index contributed by atoms with van der Waals surface area (Å²) in [5.41, 5.74) is 6.42. The van der Waals surface area contributed by atoms with Crippen molar-refractivity contribution in [3.63, 3.8) is 0 Å². The number of benzene rings is 2. The molecule has 0 aliphatic heterocycles. The highest BCUT2D eigenvalue weighted by atomic mass is 16.5. The van der Waals surface area contributed by atoms with Crippen LogP contribution in [0.4, 0.5) is 0 Å². The lowest BCUT2D eigenvalue weighted by molar-refractivity contribution is -0.0999. The van der Waals surface area contributed by atoms with Crippen LogP contribution >= 0.6 is 0 Å². The Hall–Kier alpha value is -1.68. The number of rotatable bonds is 5. The number of hydrogen-bond donors (Lipinski definition) is 2. The maximum atomic E-state index is 5.80. The van der Waals surface area contributed by atoms with Crippen molar-refractivity contribution in [1.29, 1.82) is 0 Å². The van der Waals surface area contributed by atoms with E-state index in [1.807, 2.05) is 6.07 Å². The minimum atomic E-state index is -0.150. The largest absolute Gasteiger partial charge is 0.376 e. The molecule has 3 N–H and O–H groups in total. The van der Waals surface area contributed by atoms with Crippen LogP contribution in [0.2, 0.25) is 0 Å². The lowest BCUT2D eigenvalue weighted by atomic mass is 9.72. The summed E-state index contributed by atoms with van der Waals surface area (Å²) in [5, 5.41) is 0. The van der Waals surface area contributed by atoms with E-state index in [1.54, 1.807) is 7.11 Å². The van der Waals surface area contributed by atoms with Crippen LogP contribution < -0.4 is 11.3 Å². The van der Waals surface area contributed by atoms with Crippen LogP contribution in [0.25, 0.3) is 11.1 Å². The monoisotopic (exact) mass is 282 g/mol. The Bertz CT molecular complexity index is 570. The number of nitrogens with two attached hydrogens (primary N) is 1. The van der Waals surface area contributed by atoms with Crippen LogP contribution in [-0.2, 0) is 4.74 Å². The molecule has 2 aromatic carbocycles. The fourth-order valence-electron chi connectivity index (χ4n) is 3.19. The Morgan fingerprint density at radius 1 is 1.00 bits per heavy atom. The summed E-state index contributed by atoms with van der Waals surface area (Å²) in [6.45, 7) is 0. The summed E-state index contributed by atoms with van der Waals surface area (Å²) >= 11 is 0. The molecule has 1 fully saturated rings. The molecule has 0 heterocycles. The molecule has 2 aromatic rings. The van der Waals surface area contributed by atoms with Gasteiger partial charge in [0.2, 0.25) is 0 Å². The topological polar surface area (TPSA) is 47.3 Å². The van der Waals surface area contributed by atoms with E-state index in [-0.39, 0.29) is 11.6 Å². The van der Waals surface area contributed by atoms with Crippen LogP contribution in [0.3, 0.4) is 0 Å². The molecule has 1 aliphatic rings. The van der Waals surface area contributed by atoms with E-state index in [9.17, 15) is 0 Å². The Balaban J connectivity index is 1.86. The third kappa shape index (κ3) is 2.60. The molecule has 3 rings (SSSR count). The summed E-state index contributed by atoms with van der Waals surface area (Å²) < 4.78 is 5.75. The van der Waals surface area contributed by atoms with Gasteiger partial charge in [-0.3, -0.25) is 11.3 Å². The molecular formula is C18H22N2O. The van der Waals surface area contributed by atoms with Crippen molar-refractivity contribution in [2.24, 2.45) is 5.84 Å². The van der Waals surface area contributed by atoms with Crippen LogP contribution in [-0.4, -0.2) is 12.7 Å². The van der Waals surface area contributed by atoms with Crippen molar-refractivity contribution in [2.75, 3.05) is 7.11 Å². The number of hydrogen-bond acceptors (Lipinski definition) is 3. The number of nitrogens with one attached hydrogen (secondary N) is 1. The summed E-state index contributed by atoms with van der Waals surface area (Å²) in [5.74, 6) is 5.80. The van der Waals surface area contributed by atoms with Gasteiger partial charge >= 0.3 is 0 Å². The fourth-order valence-corrected chi connectivity index (χ4v) is 3.19. The van der Waals surface area contributed by atoms with Crippen LogP contribution in [0.15, 0.2) is 54.6 Å². The molecule has 110 valence electrons. The predicted molar refractivity (Wildman–Crippen MR) is 85.5 cm³/mol. The zero-order valence-corrected chi connectivity index (χ0v) is 12.4. The average Bonchev–Trinajstić information content (AvgIpc) is 2.52. The summed E-state index contributed by atoms with van der Waals surface area (Å²) in [6, 6.07) is 19.0. The molecule has 1 saturated carbocycles. The summed E-state index contributed by atoms with van der Waals surface area (Å²) in [4.78, 5) is 0. The highest BCUT2D eigenvalue weighted by molar-refractivity contribution is 5.63. The van der Waals surface area contributed by atoms with Crippen LogP contribution in [0.1, 0.15) is 30.9 Å². The SMILES string of the molecule is COC1(C(NN)c2ccc(-c3ccccc3)cc2)CCC1. The van der Waals surface area contributed by atoms with Crippen molar-refractivity contribution >= 4 is 0 Å². The molecule has 3 heteroatoms. The predicted octanol–water partition coefficient (Wildman–Crippen LogP) is 3.43. The zero-order chi connectivity index (χ0) is 14.7. The van der Waals surface area contributed by atoms with Crippen molar-refractivity contribution in [3.05, 3.63) is 60.2 Å². The summed E-state index contributed by atoms with van der Waals surface area (Å²) in [7, 11) is 1.78. The van der Waals surface area contributed by atoms with Gasteiger partial charge in [-0.1, -0.05) is 54.6 Å². The standard InChI is InChI=1S/C18H22N2O/c1-21-18(12-5-13-18)17(20-19)16-10-8-15(9-11-16)14-6-3-2-4-7-14/h2-4,6-11,17,20H,5,12-13,19H2,1H3. The van der Waals surface area contributed by atoms with Gasteiger partial charge in [-0.25, -0.2) is 0 Å². The normalized spacial score (nSPS) is 18.0. The van der Waals surface area contributed by atoms with Gasteiger partial charge in [0.15, 0.2) is 0 Å². The van der Waals surface area contributed by atoms with Crippen molar-refractivity contribution in [1.82, 2.24) is 5.43 Å². The molecule has 0 radical (unpaired) electrons. The number of hydrazine groups is 1. The second kappa shape index (κ2) is 5.98. The average molecular weight is 282 g/mol. The molecule has 1 atom stereocenters. The maximum absolute atomic E-state index is 5.80. The molecule has 0 amide bonds. The highest BCUT2D eigenvalue weighted by Gasteiger charge is 2.44. The Labute approximate surface area is 126 Å². The molecule has 0 aromatic heterocycles. The third-order valence-corrected chi connectivity index (χ3v) is 4.65. The molecule has 21 heavy (non-hydrogen) atoms. The second-order valence-electron chi connectivity index (χ2n) is 5.71. The summed E-state index contributed by atoms with van der Waals surface area (Å²) in [6.07, 6.45) is 3.31. The highest BCUT2D eigenvalue weighted by Crippen LogP contribution is 2.44. The van der Waals surface area contributed by atoms with E-state index in [1.165, 1.54) is 23.1 Å². The second-order valence-corrected chi connectivity index (χ2v) is 5.71. The van der Waals surface area contributed by atoms with E-state index in [4.69, 9.17) is 10.6 Å². The molecule has 0 spiro atoms. The first-order valence-corrected chi connectivity index (χ1v) is 7.46. The molecular weight excluding hydrogens is 260 g/mol. The Morgan fingerprint density at radius 2 is 1.62 bits per heavy atom. The Morgan fingerprint density at radius 3 is 2.10 bits per heavy atom. The van der Waals surface area contributed by atoms with E-state index in [2.05, 4.69) is 54.0 Å². The smallest absolute Gasteiger partial charge is 0.0885 e. The van der Waals surface area contributed by atoms with Gasteiger partial charge in [-0.15, -0.1) is 0 Å². The molecule has 0 bridgehead atoms. The van der Waals surface area contributed by atoms with Crippen molar-refractivity contribution < 1.29 is 4.74 Å². The van der Waals surface area contributed by atoms with Gasteiger partial charge in [0.1, 0.15) is 0 Å². The van der Waals surface area contributed by atoms with E-state index in [0.29, 0.717) is 0 Å². The number of methoxy groups -OCH3 is 1. The maximum Gasteiger partial charge on any atom is 0.0885 e. The van der Waals surface area contributed by atoms with Gasteiger partial charge < -0.3 is 4.74 Å². The van der Waals surface area contributed by atoms with Gasteiger partial charge in [-0.05, 0) is 36.0 Å². The van der Waals surface area contributed by atoms with Gasteiger partial charge in [-0.2, -0.15) is 0 Å².